The van der Waals surface area contributed by atoms with Crippen molar-refractivity contribution in [3.63, 3.8) is 0 Å². The van der Waals surface area contributed by atoms with Crippen LogP contribution in [0.25, 0.3) is 0 Å². The molecule has 7 nitrogen and oxygen atoms in total. The molecule has 1 saturated carbocycles. The molecule has 0 spiro atoms. The summed E-state index contributed by atoms with van der Waals surface area (Å²) < 4.78 is 11.4. The van der Waals surface area contributed by atoms with Crippen molar-refractivity contribution in [2.45, 2.75) is 32.1 Å². The van der Waals surface area contributed by atoms with E-state index in [0.29, 0.717) is 53.4 Å². The van der Waals surface area contributed by atoms with E-state index in [2.05, 4.69) is 15.6 Å². The maximum absolute atomic E-state index is 12.6. The van der Waals surface area contributed by atoms with Crippen LogP contribution in [0.15, 0.2) is 23.7 Å². The molecule has 0 radical (unpaired) electrons. The second-order valence-corrected chi connectivity index (χ2v) is 7.60. The summed E-state index contributed by atoms with van der Waals surface area (Å²) in [7, 11) is 0. The number of nitrogens with one attached hydrogen (secondary N) is 2. The number of thiazole rings is 1. The third-order valence-corrected chi connectivity index (χ3v) is 5.50. The fraction of sp³-hybridized carbons (Fsp3) is 0.421. The number of hydrogen-bond acceptors (Lipinski definition) is 6. The van der Waals surface area contributed by atoms with Crippen molar-refractivity contribution in [2.24, 2.45) is 5.92 Å². The highest BCUT2D eigenvalue weighted by Crippen LogP contribution is 2.41. The van der Waals surface area contributed by atoms with Gasteiger partial charge in [0.05, 0.1) is 11.3 Å². The van der Waals surface area contributed by atoms with Crippen LogP contribution in [0.4, 0.5) is 10.8 Å². The second kappa shape index (κ2) is 7.96. The summed E-state index contributed by atoms with van der Waals surface area (Å²) in [5, 5.41) is 7.96. The molecular weight excluding hydrogens is 366 g/mol. The number of carbonyl (C=O) groups is 2. The molecule has 0 atom stereocenters. The fourth-order valence-corrected chi connectivity index (χ4v) is 4.07. The Balaban J connectivity index is 1.53. The molecule has 1 aliphatic heterocycles. The summed E-state index contributed by atoms with van der Waals surface area (Å²) in [4.78, 5) is 29.0. The van der Waals surface area contributed by atoms with Crippen molar-refractivity contribution in [2.75, 3.05) is 23.8 Å². The maximum atomic E-state index is 12.6. The molecule has 2 aliphatic rings. The molecule has 2 heterocycles. The molecule has 1 aliphatic carbocycles. The number of carbonyl (C=O) groups excluding carboxylic acids is 2. The van der Waals surface area contributed by atoms with Crippen molar-refractivity contribution < 1.29 is 19.1 Å². The minimum absolute atomic E-state index is 0.0294. The van der Waals surface area contributed by atoms with E-state index in [1.165, 1.54) is 24.2 Å². The molecule has 142 valence electrons. The monoisotopic (exact) mass is 387 g/mol. The summed E-state index contributed by atoms with van der Waals surface area (Å²) in [6.45, 7) is 0.722. The van der Waals surface area contributed by atoms with Crippen LogP contribution in [0.5, 0.6) is 11.5 Å². The van der Waals surface area contributed by atoms with Gasteiger partial charge in [-0.25, -0.2) is 4.98 Å². The second-order valence-electron chi connectivity index (χ2n) is 6.71. The van der Waals surface area contributed by atoms with E-state index in [1.807, 2.05) is 0 Å². The summed E-state index contributed by atoms with van der Waals surface area (Å²) >= 11 is 1.34. The van der Waals surface area contributed by atoms with Gasteiger partial charge in [0.25, 0.3) is 5.91 Å². The first kappa shape index (κ1) is 17.8. The quantitative estimate of drug-likeness (QED) is 0.817. The van der Waals surface area contributed by atoms with E-state index in [9.17, 15) is 9.59 Å². The van der Waals surface area contributed by atoms with Crippen molar-refractivity contribution >= 4 is 34.0 Å². The van der Waals surface area contributed by atoms with E-state index >= 15 is 0 Å². The zero-order valence-electron chi connectivity index (χ0n) is 14.8. The number of ether oxygens (including phenoxy) is 2. The molecule has 2 N–H and O–H groups in total. The summed E-state index contributed by atoms with van der Waals surface area (Å²) in [5.41, 5.74) is 0.896. The summed E-state index contributed by atoms with van der Waals surface area (Å²) in [5.74, 6) is 0.872. The Morgan fingerprint density at radius 2 is 1.89 bits per heavy atom. The smallest absolute Gasteiger partial charge is 0.261 e. The van der Waals surface area contributed by atoms with Gasteiger partial charge in [-0.2, -0.15) is 0 Å². The van der Waals surface area contributed by atoms with E-state index in [1.54, 1.807) is 23.7 Å². The lowest BCUT2D eigenvalue weighted by Crippen LogP contribution is -2.22. The largest absolute Gasteiger partial charge is 0.485 e. The van der Waals surface area contributed by atoms with Crippen LogP contribution in [-0.4, -0.2) is 30.0 Å². The van der Waals surface area contributed by atoms with Crippen LogP contribution >= 0.6 is 11.3 Å². The van der Waals surface area contributed by atoms with Gasteiger partial charge < -0.3 is 14.8 Å². The average Bonchev–Trinajstić information content (AvgIpc) is 3.36. The van der Waals surface area contributed by atoms with E-state index in [0.717, 1.165) is 12.8 Å². The van der Waals surface area contributed by atoms with Crippen LogP contribution in [0, 0.1) is 5.92 Å². The number of fused-ring (bicyclic) bond motifs is 1. The molecule has 0 saturated heterocycles. The highest BCUT2D eigenvalue weighted by molar-refractivity contribution is 7.13. The van der Waals surface area contributed by atoms with Gasteiger partial charge in [-0.1, -0.05) is 12.8 Å². The van der Waals surface area contributed by atoms with Crippen molar-refractivity contribution in [1.82, 2.24) is 4.98 Å². The van der Waals surface area contributed by atoms with Gasteiger partial charge in [0.15, 0.2) is 16.6 Å². The Kier molecular flexibility index (Phi) is 5.24. The predicted molar refractivity (Wildman–Crippen MR) is 103 cm³/mol. The Morgan fingerprint density at radius 3 is 2.63 bits per heavy atom. The molecule has 27 heavy (non-hydrogen) atoms. The Morgan fingerprint density at radius 1 is 1.11 bits per heavy atom. The van der Waals surface area contributed by atoms with Gasteiger partial charge in [-0.05, 0) is 30.9 Å². The molecule has 1 fully saturated rings. The molecule has 4 rings (SSSR count). The lowest BCUT2D eigenvalue weighted by molar-refractivity contribution is -0.117. The van der Waals surface area contributed by atoms with E-state index < -0.39 is 0 Å². The van der Waals surface area contributed by atoms with Crippen LogP contribution in [0.2, 0.25) is 0 Å². The molecule has 0 unspecified atom stereocenters. The highest BCUT2D eigenvalue weighted by atomic mass is 32.1. The Hall–Kier alpha value is -2.61. The van der Waals surface area contributed by atoms with Crippen LogP contribution in [0.3, 0.4) is 0 Å². The van der Waals surface area contributed by atoms with Crippen molar-refractivity contribution in [1.29, 1.82) is 0 Å². The highest BCUT2D eigenvalue weighted by Gasteiger charge is 2.26. The van der Waals surface area contributed by atoms with Crippen LogP contribution in [-0.2, 0) is 4.79 Å². The Bertz CT molecular complexity index is 832. The molecule has 1 aromatic carbocycles. The number of aromatic nitrogens is 1. The SMILES string of the molecule is O=C(CC1CCCC1)Nc1ccc(C(=O)Nc2nccs2)c2c1OCCO2. The lowest BCUT2D eigenvalue weighted by atomic mass is 10.0. The average molecular weight is 387 g/mol. The van der Waals surface area contributed by atoms with Gasteiger partial charge in [0, 0.05) is 18.0 Å². The van der Waals surface area contributed by atoms with Gasteiger partial charge in [-0.3, -0.25) is 14.9 Å². The predicted octanol–water partition coefficient (Wildman–Crippen LogP) is 3.69. The Labute approximate surface area is 161 Å². The number of rotatable bonds is 5. The van der Waals surface area contributed by atoms with Crippen molar-refractivity contribution in [3.05, 3.63) is 29.3 Å². The minimum Gasteiger partial charge on any atom is -0.485 e. The fourth-order valence-electron chi connectivity index (χ4n) is 3.54. The molecule has 8 heteroatoms. The molecular formula is C19H21N3O4S. The third kappa shape index (κ3) is 4.05. The van der Waals surface area contributed by atoms with Gasteiger partial charge in [0.1, 0.15) is 13.2 Å². The first-order chi connectivity index (χ1) is 13.2. The van der Waals surface area contributed by atoms with Gasteiger partial charge in [-0.15, -0.1) is 11.3 Å². The van der Waals surface area contributed by atoms with E-state index in [-0.39, 0.29) is 11.8 Å². The van der Waals surface area contributed by atoms with E-state index in [4.69, 9.17) is 9.47 Å². The molecule has 2 aromatic rings. The number of hydrogen-bond donors (Lipinski definition) is 2. The molecule has 0 bridgehead atoms. The number of nitrogens with zero attached hydrogens (tertiary/aromatic N) is 1. The number of amides is 2. The van der Waals surface area contributed by atoms with Gasteiger partial charge in [0.2, 0.25) is 5.91 Å². The zero-order chi connectivity index (χ0) is 18.6. The molecule has 1 aromatic heterocycles. The van der Waals surface area contributed by atoms with Gasteiger partial charge >= 0.3 is 0 Å². The lowest BCUT2D eigenvalue weighted by Gasteiger charge is -2.23. The third-order valence-electron chi connectivity index (χ3n) is 4.81. The number of anilines is 2. The van der Waals surface area contributed by atoms with Crippen LogP contribution in [0.1, 0.15) is 42.5 Å². The zero-order valence-corrected chi connectivity index (χ0v) is 15.6. The maximum Gasteiger partial charge on any atom is 0.261 e. The summed E-state index contributed by atoms with van der Waals surface area (Å²) in [6.07, 6.45) is 6.77. The number of benzene rings is 1. The normalized spacial score (nSPS) is 16.1. The topological polar surface area (TPSA) is 89.6 Å². The molecule has 2 amide bonds. The minimum atomic E-state index is -0.324. The summed E-state index contributed by atoms with van der Waals surface area (Å²) in [6, 6.07) is 3.33. The standard InChI is InChI=1S/C19H21N3O4S/c23-15(11-12-3-1-2-4-12)21-14-6-5-13(16-17(14)26-9-8-25-16)18(24)22-19-20-7-10-27-19/h5-7,10,12H,1-4,8-9,11H2,(H,21,23)(H,20,22,24). The van der Waals surface area contributed by atoms with Crippen LogP contribution < -0.4 is 20.1 Å². The van der Waals surface area contributed by atoms with Crippen molar-refractivity contribution in [3.8, 4) is 11.5 Å². The first-order valence-electron chi connectivity index (χ1n) is 9.14. The first-order valence-corrected chi connectivity index (χ1v) is 10.0.